The van der Waals surface area contributed by atoms with Gasteiger partial charge >= 0.3 is 5.97 Å². The fourth-order valence-corrected chi connectivity index (χ4v) is 2.51. The quantitative estimate of drug-likeness (QED) is 0.613. The molecule has 0 amide bonds. The summed E-state index contributed by atoms with van der Waals surface area (Å²) in [6.07, 6.45) is 2.11. The van der Waals surface area contributed by atoms with Gasteiger partial charge in [-0.3, -0.25) is 10.1 Å². The molecule has 1 fully saturated rings. The molecular weight excluding hydrogens is 276 g/mol. The molecule has 7 nitrogen and oxygen atoms in total. The Kier molecular flexibility index (Phi) is 5.24. The number of carboxylic acids is 1. The number of carboxylic acid groups (broad SMARTS) is 1. The van der Waals surface area contributed by atoms with E-state index in [1.807, 2.05) is 0 Å². The van der Waals surface area contributed by atoms with Crippen LogP contribution in [0.4, 0.5) is 5.69 Å². The molecule has 1 heterocycles. The van der Waals surface area contributed by atoms with E-state index in [1.165, 1.54) is 12.1 Å². The van der Waals surface area contributed by atoms with E-state index >= 15 is 0 Å². The van der Waals surface area contributed by atoms with Gasteiger partial charge in [-0.05, 0) is 24.3 Å². The Balaban J connectivity index is 2.03. The molecule has 0 radical (unpaired) electrons. The van der Waals surface area contributed by atoms with Gasteiger partial charge < -0.3 is 15.2 Å². The topological polar surface area (TPSA) is 102 Å². The summed E-state index contributed by atoms with van der Waals surface area (Å²) in [5.74, 6) is -0.870. The zero-order valence-electron chi connectivity index (χ0n) is 11.6. The summed E-state index contributed by atoms with van der Waals surface area (Å²) in [5.41, 5.74) is -0.189. The molecule has 1 aliphatic heterocycles. The third kappa shape index (κ3) is 3.99. The first-order valence-corrected chi connectivity index (χ1v) is 6.87. The lowest BCUT2D eigenvalue weighted by atomic mass is 10.0. The molecule has 21 heavy (non-hydrogen) atoms. The van der Waals surface area contributed by atoms with Gasteiger partial charge in [0, 0.05) is 25.8 Å². The van der Waals surface area contributed by atoms with Crippen LogP contribution in [0.5, 0.6) is 0 Å². The SMILES string of the molecule is O=C(O)c1c(CNCC2CCCOC2)cccc1[N+](=O)[O-]. The number of nitro benzene ring substituents is 1. The van der Waals surface area contributed by atoms with Gasteiger partial charge in [-0.1, -0.05) is 12.1 Å². The lowest BCUT2D eigenvalue weighted by Crippen LogP contribution is -2.29. The molecule has 114 valence electrons. The van der Waals surface area contributed by atoms with Crippen LogP contribution in [0.1, 0.15) is 28.8 Å². The predicted octanol–water partition coefficient (Wildman–Crippen LogP) is 1.81. The Labute approximate surface area is 122 Å². The van der Waals surface area contributed by atoms with E-state index < -0.39 is 10.9 Å². The first kappa shape index (κ1) is 15.4. The third-order valence-corrected chi connectivity index (χ3v) is 3.54. The molecule has 2 rings (SSSR count). The molecule has 0 aliphatic carbocycles. The normalized spacial score (nSPS) is 18.4. The third-order valence-electron chi connectivity index (χ3n) is 3.54. The van der Waals surface area contributed by atoms with Crippen molar-refractivity contribution in [3.63, 3.8) is 0 Å². The van der Waals surface area contributed by atoms with Crippen molar-refractivity contribution in [1.82, 2.24) is 5.32 Å². The van der Waals surface area contributed by atoms with Gasteiger partial charge in [0.05, 0.1) is 11.5 Å². The first-order valence-electron chi connectivity index (χ1n) is 6.87. The Bertz CT molecular complexity index is 526. The average Bonchev–Trinajstić information content (AvgIpc) is 2.47. The summed E-state index contributed by atoms with van der Waals surface area (Å²) >= 11 is 0. The van der Waals surface area contributed by atoms with Crippen LogP contribution in [0.15, 0.2) is 18.2 Å². The number of ether oxygens (including phenoxy) is 1. The summed E-state index contributed by atoms with van der Waals surface area (Å²) in [7, 11) is 0. The fourth-order valence-electron chi connectivity index (χ4n) is 2.51. The second-order valence-corrected chi connectivity index (χ2v) is 5.09. The van der Waals surface area contributed by atoms with Crippen LogP contribution in [0, 0.1) is 16.0 Å². The second-order valence-electron chi connectivity index (χ2n) is 5.09. The van der Waals surface area contributed by atoms with E-state index in [0.29, 0.717) is 31.2 Å². The minimum atomic E-state index is -1.28. The van der Waals surface area contributed by atoms with Crippen LogP contribution in [-0.2, 0) is 11.3 Å². The van der Waals surface area contributed by atoms with Crippen LogP contribution in [0.25, 0.3) is 0 Å². The number of carbonyl (C=O) groups is 1. The van der Waals surface area contributed by atoms with Crippen molar-refractivity contribution in [2.45, 2.75) is 19.4 Å². The van der Waals surface area contributed by atoms with Crippen molar-refractivity contribution in [3.05, 3.63) is 39.4 Å². The van der Waals surface area contributed by atoms with Crippen molar-refractivity contribution in [3.8, 4) is 0 Å². The van der Waals surface area contributed by atoms with Crippen LogP contribution >= 0.6 is 0 Å². The lowest BCUT2D eigenvalue weighted by Gasteiger charge is -2.22. The van der Waals surface area contributed by atoms with Crippen LogP contribution in [-0.4, -0.2) is 35.8 Å². The zero-order valence-corrected chi connectivity index (χ0v) is 11.6. The highest BCUT2D eigenvalue weighted by molar-refractivity contribution is 5.94. The molecule has 0 spiro atoms. The van der Waals surface area contributed by atoms with E-state index in [1.54, 1.807) is 6.07 Å². The minimum Gasteiger partial charge on any atom is -0.477 e. The van der Waals surface area contributed by atoms with Crippen molar-refractivity contribution in [2.75, 3.05) is 19.8 Å². The van der Waals surface area contributed by atoms with Gasteiger partial charge in [-0.25, -0.2) is 4.79 Å². The number of rotatable bonds is 6. The first-order chi connectivity index (χ1) is 10.1. The molecule has 1 aromatic rings. The zero-order chi connectivity index (χ0) is 15.2. The highest BCUT2D eigenvalue weighted by Crippen LogP contribution is 2.22. The molecule has 1 aliphatic rings. The lowest BCUT2D eigenvalue weighted by molar-refractivity contribution is -0.385. The molecular formula is C14H18N2O5. The summed E-state index contributed by atoms with van der Waals surface area (Å²) < 4.78 is 5.37. The van der Waals surface area contributed by atoms with Crippen LogP contribution < -0.4 is 5.32 Å². The van der Waals surface area contributed by atoms with E-state index in [4.69, 9.17) is 4.74 Å². The second kappa shape index (κ2) is 7.14. The molecule has 1 atom stereocenters. The van der Waals surface area contributed by atoms with E-state index in [2.05, 4.69) is 5.32 Å². The molecule has 0 saturated carbocycles. The highest BCUT2D eigenvalue weighted by Gasteiger charge is 2.23. The Hall–Kier alpha value is -1.99. The van der Waals surface area contributed by atoms with Gasteiger partial charge in [-0.15, -0.1) is 0 Å². The number of hydrogen-bond acceptors (Lipinski definition) is 5. The van der Waals surface area contributed by atoms with Crippen LogP contribution in [0.2, 0.25) is 0 Å². The molecule has 1 aromatic carbocycles. The maximum Gasteiger partial charge on any atom is 0.343 e. The molecule has 1 unspecified atom stereocenters. The Morgan fingerprint density at radius 2 is 2.33 bits per heavy atom. The summed E-state index contributed by atoms with van der Waals surface area (Å²) in [4.78, 5) is 21.5. The van der Waals surface area contributed by atoms with Crippen LogP contribution in [0.3, 0.4) is 0 Å². The van der Waals surface area contributed by atoms with Gasteiger partial charge in [0.1, 0.15) is 5.56 Å². The van der Waals surface area contributed by atoms with Gasteiger partial charge in [0.15, 0.2) is 0 Å². The van der Waals surface area contributed by atoms with Crippen molar-refractivity contribution >= 4 is 11.7 Å². The number of aromatic carboxylic acids is 1. The fraction of sp³-hybridized carbons (Fsp3) is 0.500. The maximum absolute atomic E-state index is 11.3. The molecule has 0 bridgehead atoms. The molecule has 1 saturated heterocycles. The van der Waals surface area contributed by atoms with E-state index in [0.717, 1.165) is 19.4 Å². The van der Waals surface area contributed by atoms with Crippen molar-refractivity contribution < 1.29 is 19.6 Å². The summed E-state index contributed by atoms with van der Waals surface area (Å²) in [6.45, 7) is 2.50. The van der Waals surface area contributed by atoms with Crippen molar-refractivity contribution in [2.24, 2.45) is 5.92 Å². The Morgan fingerprint density at radius 1 is 1.52 bits per heavy atom. The van der Waals surface area contributed by atoms with E-state index in [-0.39, 0.29) is 11.3 Å². The molecule has 2 N–H and O–H groups in total. The van der Waals surface area contributed by atoms with Crippen molar-refractivity contribution in [1.29, 1.82) is 0 Å². The molecule has 7 heteroatoms. The predicted molar refractivity (Wildman–Crippen MR) is 75.3 cm³/mol. The van der Waals surface area contributed by atoms with Gasteiger partial charge in [0.25, 0.3) is 5.69 Å². The van der Waals surface area contributed by atoms with Gasteiger partial charge in [-0.2, -0.15) is 0 Å². The average molecular weight is 294 g/mol. The number of benzene rings is 1. The summed E-state index contributed by atoms with van der Waals surface area (Å²) in [5, 5.41) is 23.3. The number of nitrogens with one attached hydrogen (secondary N) is 1. The number of nitrogens with zero attached hydrogens (tertiary/aromatic N) is 1. The Morgan fingerprint density at radius 3 is 2.95 bits per heavy atom. The largest absolute Gasteiger partial charge is 0.477 e. The summed E-state index contributed by atoms with van der Waals surface area (Å²) in [6, 6.07) is 4.31. The molecule has 0 aromatic heterocycles. The smallest absolute Gasteiger partial charge is 0.343 e. The standard InChI is InChI=1S/C14H18N2O5/c17-14(18)13-11(4-1-5-12(13)16(19)20)8-15-7-10-3-2-6-21-9-10/h1,4-5,10,15H,2-3,6-9H2,(H,17,18). The number of hydrogen-bond donors (Lipinski definition) is 2. The minimum absolute atomic E-state index is 0.241. The van der Waals surface area contributed by atoms with E-state index in [9.17, 15) is 20.0 Å². The van der Waals surface area contributed by atoms with Gasteiger partial charge in [0.2, 0.25) is 0 Å². The number of nitro groups is 1. The maximum atomic E-state index is 11.3. The monoisotopic (exact) mass is 294 g/mol. The highest BCUT2D eigenvalue weighted by atomic mass is 16.6.